The Morgan fingerprint density at radius 2 is 1.88 bits per heavy atom. The van der Waals surface area contributed by atoms with Gasteiger partial charge in [0.1, 0.15) is 12.4 Å². The Balaban J connectivity index is 1.72. The van der Waals surface area contributed by atoms with Gasteiger partial charge in [0.05, 0.1) is 13.5 Å². The number of benzene rings is 2. The van der Waals surface area contributed by atoms with Gasteiger partial charge in [0.25, 0.3) is 5.79 Å². The zero-order valence-electron chi connectivity index (χ0n) is 18.5. The molecular formula is C24H24ClNO8. The Morgan fingerprint density at radius 1 is 1.18 bits per heavy atom. The van der Waals surface area contributed by atoms with E-state index in [0.29, 0.717) is 5.75 Å². The van der Waals surface area contributed by atoms with E-state index in [0.717, 1.165) is 17.7 Å². The maximum atomic E-state index is 12.1. The lowest BCUT2D eigenvalue weighted by Gasteiger charge is -2.37. The summed E-state index contributed by atoms with van der Waals surface area (Å²) in [6, 6.07) is 12.5. The van der Waals surface area contributed by atoms with Gasteiger partial charge in [0.15, 0.2) is 0 Å². The fourth-order valence-corrected chi connectivity index (χ4v) is 3.34. The first-order valence-corrected chi connectivity index (χ1v) is 10.7. The summed E-state index contributed by atoms with van der Waals surface area (Å²) in [6.45, 7) is 1.84. The molecule has 2 N–H and O–H groups in total. The topological polar surface area (TPSA) is 120 Å². The van der Waals surface area contributed by atoms with Crippen LogP contribution in [0.15, 0.2) is 60.7 Å². The van der Waals surface area contributed by atoms with Gasteiger partial charge in [0, 0.05) is 28.8 Å². The molecule has 0 saturated carbocycles. The highest BCUT2D eigenvalue weighted by atomic mass is 35.5. The van der Waals surface area contributed by atoms with Gasteiger partial charge in [-0.05, 0) is 36.8 Å². The molecule has 34 heavy (non-hydrogen) atoms. The molecular weight excluding hydrogens is 466 g/mol. The Bertz CT molecular complexity index is 1070. The van der Waals surface area contributed by atoms with Gasteiger partial charge >= 0.3 is 17.9 Å². The first-order valence-electron chi connectivity index (χ1n) is 10.3. The molecule has 0 aliphatic carbocycles. The molecule has 0 aromatic heterocycles. The number of cyclic esters (lactones) is 2. The fourth-order valence-electron chi connectivity index (χ4n) is 3.15. The Kier molecular flexibility index (Phi) is 8.27. The Labute approximate surface area is 201 Å². The first kappa shape index (κ1) is 25.2. The van der Waals surface area contributed by atoms with Crippen LogP contribution in [0.25, 0.3) is 0 Å². The van der Waals surface area contributed by atoms with E-state index >= 15 is 0 Å². The predicted octanol–water partition coefficient (Wildman–Crippen LogP) is 2.24. The van der Waals surface area contributed by atoms with Gasteiger partial charge < -0.3 is 24.1 Å². The summed E-state index contributed by atoms with van der Waals surface area (Å²) in [6.07, 6.45) is 0.459. The molecule has 1 heterocycles. The van der Waals surface area contributed by atoms with Crippen LogP contribution in [0.1, 0.15) is 18.1 Å². The second-order valence-electron chi connectivity index (χ2n) is 7.55. The van der Waals surface area contributed by atoms with E-state index in [4.69, 9.17) is 25.8 Å². The van der Waals surface area contributed by atoms with Crippen molar-refractivity contribution in [1.82, 2.24) is 5.32 Å². The summed E-state index contributed by atoms with van der Waals surface area (Å²) >= 11 is 6.04. The zero-order valence-corrected chi connectivity index (χ0v) is 19.3. The summed E-state index contributed by atoms with van der Waals surface area (Å²) < 4.78 is 21.0. The third-order valence-electron chi connectivity index (χ3n) is 4.87. The Morgan fingerprint density at radius 3 is 2.56 bits per heavy atom. The molecule has 1 aliphatic rings. The first-order chi connectivity index (χ1) is 16.2. The number of carbonyl (C=O) groups excluding carboxylic acids is 3. The van der Waals surface area contributed by atoms with Crippen LogP contribution in [0.4, 0.5) is 0 Å². The van der Waals surface area contributed by atoms with Gasteiger partial charge in [-0.3, -0.25) is 10.1 Å². The summed E-state index contributed by atoms with van der Waals surface area (Å²) in [7, 11) is 1.33. The summed E-state index contributed by atoms with van der Waals surface area (Å²) in [5.41, 5.74) is 0.886. The number of carbonyl (C=O) groups is 3. The van der Waals surface area contributed by atoms with E-state index < -0.39 is 30.0 Å². The SMILES string of the molecule is COC(=O)Cc1ccc(OCC(C)NC2OC(=O)/C=C/C(=O)OC2(O)c2cccc(Cl)c2)cc1. The molecule has 2 aromatic carbocycles. The fraction of sp³-hybridized carbons (Fsp3) is 0.292. The molecule has 0 bridgehead atoms. The monoisotopic (exact) mass is 489 g/mol. The molecule has 3 rings (SSSR count). The lowest BCUT2D eigenvalue weighted by molar-refractivity contribution is -0.266. The summed E-state index contributed by atoms with van der Waals surface area (Å²) in [5, 5.41) is 14.5. The molecule has 9 nitrogen and oxygen atoms in total. The number of methoxy groups -OCH3 is 1. The third kappa shape index (κ3) is 6.57. The Hall–Kier alpha value is -3.40. The minimum Gasteiger partial charge on any atom is -0.492 e. The maximum absolute atomic E-state index is 12.1. The number of nitrogens with one attached hydrogen (secondary N) is 1. The lowest BCUT2D eigenvalue weighted by Crippen LogP contribution is -2.57. The van der Waals surface area contributed by atoms with Crippen molar-refractivity contribution < 1.29 is 38.4 Å². The molecule has 0 fully saturated rings. The van der Waals surface area contributed by atoms with Crippen LogP contribution in [0, 0.1) is 0 Å². The molecule has 0 saturated heterocycles. The standard InChI is InChI=1S/C24H24ClNO8/c1-15(14-32-19-8-6-16(7-9-19)12-22(29)31-2)26-23-24(30,17-4-3-5-18(25)13-17)34-21(28)11-10-20(27)33-23/h3-11,13,15,23,26,30H,12,14H2,1-2H3/b11-10+. The number of halogens is 1. The molecule has 0 amide bonds. The smallest absolute Gasteiger partial charge is 0.333 e. The molecule has 1 aliphatic heterocycles. The van der Waals surface area contributed by atoms with Gasteiger partial charge in [-0.25, -0.2) is 9.59 Å². The minimum absolute atomic E-state index is 0.111. The number of esters is 3. The molecule has 0 radical (unpaired) electrons. The van der Waals surface area contributed by atoms with Crippen molar-refractivity contribution in [2.45, 2.75) is 31.4 Å². The average molecular weight is 490 g/mol. The highest BCUT2D eigenvalue weighted by Gasteiger charge is 2.46. The normalized spacial score (nSPS) is 21.9. The molecule has 2 aromatic rings. The molecule has 3 unspecified atom stereocenters. The summed E-state index contributed by atoms with van der Waals surface area (Å²) in [4.78, 5) is 35.6. The second-order valence-corrected chi connectivity index (χ2v) is 7.99. The van der Waals surface area contributed by atoms with Crippen molar-refractivity contribution in [3.63, 3.8) is 0 Å². The van der Waals surface area contributed by atoms with Crippen LogP contribution in [0.2, 0.25) is 5.02 Å². The zero-order chi connectivity index (χ0) is 24.7. The number of rotatable bonds is 8. The molecule has 10 heteroatoms. The van der Waals surface area contributed by atoms with E-state index in [9.17, 15) is 19.5 Å². The lowest BCUT2D eigenvalue weighted by atomic mass is 10.0. The van der Waals surface area contributed by atoms with Crippen molar-refractivity contribution in [3.8, 4) is 5.75 Å². The van der Waals surface area contributed by atoms with Crippen LogP contribution in [0.3, 0.4) is 0 Å². The van der Waals surface area contributed by atoms with Crippen LogP contribution in [-0.4, -0.2) is 49.0 Å². The van der Waals surface area contributed by atoms with Gasteiger partial charge in [-0.1, -0.05) is 35.9 Å². The van der Waals surface area contributed by atoms with E-state index in [1.807, 2.05) is 0 Å². The van der Waals surface area contributed by atoms with Gasteiger partial charge in [-0.15, -0.1) is 0 Å². The van der Waals surface area contributed by atoms with Crippen molar-refractivity contribution in [2.24, 2.45) is 0 Å². The van der Waals surface area contributed by atoms with Crippen LogP contribution in [0.5, 0.6) is 5.75 Å². The summed E-state index contributed by atoms with van der Waals surface area (Å²) in [5.74, 6) is -3.93. The highest BCUT2D eigenvalue weighted by molar-refractivity contribution is 6.30. The highest BCUT2D eigenvalue weighted by Crippen LogP contribution is 2.31. The van der Waals surface area contributed by atoms with E-state index in [1.165, 1.54) is 19.2 Å². The van der Waals surface area contributed by atoms with Crippen molar-refractivity contribution in [2.75, 3.05) is 13.7 Å². The van der Waals surface area contributed by atoms with E-state index in [-0.39, 0.29) is 29.6 Å². The van der Waals surface area contributed by atoms with Gasteiger partial charge in [-0.2, -0.15) is 0 Å². The van der Waals surface area contributed by atoms with Crippen molar-refractivity contribution >= 4 is 29.5 Å². The minimum atomic E-state index is -2.35. The number of hydrogen-bond donors (Lipinski definition) is 2. The van der Waals surface area contributed by atoms with Gasteiger partial charge in [0.2, 0.25) is 6.23 Å². The van der Waals surface area contributed by atoms with E-state index in [1.54, 1.807) is 43.3 Å². The van der Waals surface area contributed by atoms with Crippen LogP contribution in [-0.2, 0) is 40.8 Å². The van der Waals surface area contributed by atoms with Crippen LogP contribution < -0.4 is 10.1 Å². The number of ether oxygens (including phenoxy) is 4. The van der Waals surface area contributed by atoms with Crippen LogP contribution >= 0.6 is 11.6 Å². The predicted molar refractivity (Wildman–Crippen MR) is 121 cm³/mol. The number of aliphatic hydroxyl groups is 1. The average Bonchev–Trinajstić information content (AvgIpc) is 2.81. The quantitative estimate of drug-likeness (QED) is 0.424. The van der Waals surface area contributed by atoms with Crippen molar-refractivity contribution in [3.05, 3.63) is 76.8 Å². The number of hydrogen-bond acceptors (Lipinski definition) is 9. The largest absolute Gasteiger partial charge is 0.492 e. The third-order valence-corrected chi connectivity index (χ3v) is 5.11. The maximum Gasteiger partial charge on any atom is 0.333 e. The molecule has 0 spiro atoms. The van der Waals surface area contributed by atoms with Crippen molar-refractivity contribution in [1.29, 1.82) is 0 Å². The molecule has 180 valence electrons. The van der Waals surface area contributed by atoms with E-state index in [2.05, 4.69) is 10.1 Å². The second kappa shape index (κ2) is 11.1. The molecule has 3 atom stereocenters.